The highest BCUT2D eigenvalue weighted by Gasteiger charge is 2.35. The van der Waals surface area contributed by atoms with Crippen LogP contribution in [0.1, 0.15) is 37.6 Å². The highest BCUT2D eigenvalue weighted by molar-refractivity contribution is 6.18. The molecule has 1 heterocycles. The van der Waals surface area contributed by atoms with E-state index >= 15 is 0 Å². The third kappa shape index (κ3) is 2.25. The van der Waals surface area contributed by atoms with Crippen molar-refractivity contribution in [3.8, 4) is 0 Å². The zero-order valence-electron chi connectivity index (χ0n) is 10.1. The predicted octanol–water partition coefficient (Wildman–Crippen LogP) is 2.23. The summed E-state index contributed by atoms with van der Waals surface area (Å²) in [6.45, 7) is 3.00. The van der Waals surface area contributed by atoms with Gasteiger partial charge in [-0.05, 0) is 31.7 Å². The van der Waals surface area contributed by atoms with E-state index in [1.807, 2.05) is 11.7 Å². The Morgan fingerprint density at radius 3 is 2.75 bits per heavy atom. The molecule has 90 valence electrons. The lowest BCUT2D eigenvalue weighted by Gasteiger charge is -2.41. The van der Waals surface area contributed by atoms with Gasteiger partial charge in [-0.3, -0.25) is 4.68 Å². The maximum atomic E-state index is 6.01. The Balaban J connectivity index is 1.96. The summed E-state index contributed by atoms with van der Waals surface area (Å²) in [5, 5.41) is 8.03. The first-order valence-electron chi connectivity index (χ1n) is 6.02. The molecule has 0 radical (unpaired) electrons. The minimum Gasteiger partial charge on any atom is -0.304 e. The quantitative estimate of drug-likeness (QED) is 0.802. The highest BCUT2D eigenvalue weighted by atomic mass is 35.5. The van der Waals surface area contributed by atoms with Crippen LogP contribution in [0.15, 0.2) is 6.07 Å². The molecule has 16 heavy (non-hydrogen) atoms. The second-order valence-electron chi connectivity index (χ2n) is 4.73. The topological polar surface area (TPSA) is 29.9 Å². The summed E-state index contributed by atoms with van der Waals surface area (Å²) < 4.78 is 1.96. The first-order valence-corrected chi connectivity index (χ1v) is 6.55. The van der Waals surface area contributed by atoms with E-state index in [9.17, 15) is 0 Å². The monoisotopic (exact) mass is 241 g/mol. The smallest absolute Gasteiger partial charge is 0.0625 e. The van der Waals surface area contributed by atoms with Crippen molar-refractivity contribution in [2.75, 3.05) is 5.88 Å². The Labute approximate surface area is 102 Å². The zero-order chi connectivity index (χ0) is 11.6. The number of nitrogens with one attached hydrogen (secondary N) is 1. The van der Waals surface area contributed by atoms with Gasteiger partial charge in [0.15, 0.2) is 0 Å². The molecule has 0 spiro atoms. The summed E-state index contributed by atoms with van der Waals surface area (Å²) in [5.74, 6) is 0.714. The van der Waals surface area contributed by atoms with E-state index in [0.29, 0.717) is 5.88 Å². The second kappa shape index (κ2) is 4.76. The second-order valence-corrected chi connectivity index (χ2v) is 4.99. The fourth-order valence-electron chi connectivity index (χ4n) is 2.15. The molecule has 0 atom stereocenters. The van der Waals surface area contributed by atoms with Crippen molar-refractivity contribution < 1.29 is 0 Å². The summed E-state index contributed by atoms with van der Waals surface area (Å²) in [4.78, 5) is 0. The van der Waals surface area contributed by atoms with Crippen molar-refractivity contribution in [3.05, 3.63) is 17.5 Å². The maximum Gasteiger partial charge on any atom is 0.0625 e. The van der Waals surface area contributed by atoms with Crippen molar-refractivity contribution in [2.24, 2.45) is 7.05 Å². The average molecular weight is 242 g/mol. The molecule has 1 N–H and O–H groups in total. The number of halogens is 1. The Morgan fingerprint density at radius 2 is 2.31 bits per heavy atom. The van der Waals surface area contributed by atoms with E-state index in [0.717, 1.165) is 18.7 Å². The number of alkyl halides is 1. The van der Waals surface area contributed by atoms with Crippen molar-refractivity contribution in [2.45, 2.75) is 44.7 Å². The van der Waals surface area contributed by atoms with Crippen LogP contribution in [0.2, 0.25) is 0 Å². The number of rotatable bonds is 5. The van der Waals surface area contributed by atoms with Gasteiger partial charge >= 0.3 is 0 Å². The molecule has 0 amide bonds. The molecule has 4 heteroatoms. The van der Waals surface area contributed by atoms with Crippen molar-refractivity contribution in [1.29, 1.82) is 0 Å². The molecular weight excluding hydrogens is 222 g/mol. The maximum absolute atomic E-state index is 6.01. The van der Waals surface area contributed by atoms with Gasteiger partial charge in [-0.15, -0.1) is 11.6 Å². The van der Waals surface area contributed by atoms with Gasteiger partial charge in [0.05, 0.1) is 11.4 Å². The van der Waals surface area contributed by atoms with Crippen LogP contribution in [0, 0.1) is 0 Å². The molecule has 0 saturated heterocycles. The third-order valence-corrected chi connectivity index (χ3v) is 4.11. The minimum atomic E-state index is 0.193. The van der Waals surface area contributed by atoms with Gasteiger partial charge in [0, 0.05) is 25.0 Å². The fourth-order valence-corrected chi connectivity index (χ4v) is 2.51. The van der Waals surface area contributed by atoms with Crippen LogP contribution < -0.4 is 5.32 Å². The predicted molar refractivity (Wildman–Crippen MR) is 66.7 cm³/mol. The fraction of sp³-hybridized carbons (Fsp3) is 0.750. The molecule has 2 rings (SSSR count). The molecule has 0 unspecified atom stereocenters. The summed E-state index contributed by atoms with van der Waals surface area (Å²) in [6, 6.07) is 2.17. The Hall–Kier alpha value is -0.540. The molecule has 3 nitrogen and oxygen atoms in total. The Morgan fingerprint density at radius 1 is 1.56 bits per heavy atom. The lowest BCUT2D eigenvalue weighted by atomic mass is 9.78. The van der Waals surface area contributed by atoms with Gasteiger partial charge in [-0.2, -0.15) is 5.10 Å². The molecule has 1 aromatic rings. The van der Waals surface area contributed by atoms with E-state index in [-0.39, 0.29) is 5.54 Å². The van der Waals surface area contributed by atoms with Crippen LogP contribution in [0.5, 0.6) is 0 Å². The van der Waals surface area contributed by atoms with E-state index in [1.165, 1.54) is 25.0 Å². The van der Waals surface area contributed by atoms with Gasteiger partial charge in [0.25, 0.3) is 0 Å². The SMILES string of the molecule is CCc1cc(CNC2(CCl)CCC2)n(C)n1. The largest absolute Gasteiger partial charge is 0.304 e. The number of hydrogen-bond donors (Lipinski definition) is 1. The Kier molecular flexibility index (Phi) is 3.55. The molecule has 1 fully saturated rings. The number of hydrogen-bond acceptors (Lipinski definition) is 2. The molecule has 1 saturated carbocycles. The van der Waals surface area contributed by atoms with E-state index in [1.54, 1.807) is 0 Å². The van der Waals surface area contributed by atoms with Crippen LogP contribution in [-0.2, 0) is 20.0 Å². The highest BCUT2D eigenvalue weighted by Crippen LogP contribution is 2.33. The molecule has 0 bridgehead atoms. The van der Waals surface area contributed by atoms with Gasteiger partial charge < -0.3 is 5.32 Å². The average Bonchev–Trinajstić information content (AvgIpc) is 2.59. The van der Waals surface area contributed by atoms with E-state index < -0.39 is 0 Å². The number of aromatic nitrogens is 2. The normalized spacial score (nSPS) is 18.4. The first-order chi connectivity index (χ1) is 7.69. The molecular formula is C12H20ClN3. The summed E-state index contributed by atoms with van der Waals surface area (Å²) >= 11 is 6.01. The van der Waals surface area contributed by atoms with Crippen LogP contribution >= 0.6 is 11.6 Å². The summed E-state index contributed by atoms with van der Waals surface area (Å²) in [7, 11) is 2.00. The van der Waals surface area contributed by atoms with Crippen LogP contribution in [0.3, 0.4) is 0 Å². The Bertz CT molecular complexity index is 350. The lowest BCUT2D eigenvalue weighted by Crippen LogP contribution is -2.52. The number of nitrogens with zero attached hydrogens (tertiary/aromatic N) is 2. The van der Waals surface area contributed by atoms with Crippen molar-refractivity contribution in [1.82, 2.24) is 15.1 Å². The molecule has 1 aliphatic carbocycles. The number of aryl methyl sites for hydroxylation is 2. The summed E-state index contributed by atoms with van der Waals surface area (Å²) in [5.41, 5.74) is 2.60. The van der Waals surface area contributed by atoms with Gasteiger partial charge in [-0.25, -0.2) is 0 Å². The van der Waals surface area contributed by atoms with Gasteiger partial charge in [-0.1, -0.05) is 6.92 Å². The van der Waals surface area contributed by atoms with Crippen LogP contribution in [-0.4, -0.2) is 21.2 Å². The van der Waals surface area contributed by atoms with Crippen LogP contribution in [0.4, 0.5) is 0 Å². The minimum absolute atomic E-state index is 0.193. The lowest BCUT2D eigenvalue weighted by molar-refractivity contribution is 0.209. The third-order valence-electron chi connectivity index (χ3n) is 3.60. The summed E-state index contributed by atoms with van der Waals surface area (Å²) in [6.07, 6.45) is 4.70. The molecule has 0 aliphatic heterocycles. The van der Waals surface area contributed by atoms with Gasteiger partial charge in [0.2, 0.25) is 0 Å². The van der Waals surface area contributed by atoms with Gasteiger partial charge in [0.1, 0.15) is 0 Å². The van der Waals surface area contributed by atoms with Crippen molar-refractivity contribution in [3.63, 3.8) is 0 Å². The molecule has 1 aromatic heterocycles. The van der Waals surface area contributed by atoms with E-state index in [4.69, 9.17) is 11.6 Å². The molecule has 1 aliphatic rings. The zero-order valence-corrected chi connectivity index (χ0v) is 10.8. The van der Waals surface area contributed by atoms with E-state index in [2.05, 4.69) is 23.4 Å². The van der Waals surface area contributed by atoms with Crippen LogP contribution in [0.25, 0.3) is 0 Å². The first kappa shape index (κ1) is 11.9. The molecule has 0 aromatic carbocycles. The standard InChI is InChI=1S/C12H20ClN3/c1-3-10-7-11(16(2)15-10)8-14-12(9-13)5-4-6-12/h7,14H,3-6,8-9H2,1-2H3. The van der Waals surface area contributed by atoms with Crippen molar-refractivity contribution >= 4 is 11.6 Å².